The largest absolute Gasteiger partial charge is 0.368 e. The first-order valence-corrected chi connectivity index (χ1v) is 6.18. The standard InChI is InChI=1S/C15H13ClN2O/c16-13-9-5-4-8-12(13)10-18-14(15(17)19)11-6-2-1-3-7-11/h1-10,14H,(H2,17,19). The van der Waals surface area contributed by atoms with Crippen molar-refractivity contribution in [3.63, 3.8) is 0 Å². The Kier molecular flexibility index (Phi) is 4.31. The molecule has 0 saturated carbocycles. The summed E-state index contributed by atoms with van der Waals surface area (Å²) in [6.07, 6.45) is 1.57. The van der Waals surface area contributed by atoms with E-state index in [-0.39, 0.29) is 0 Å². The average molecular weight is 273 g/mol. The van der Waals surface area contributed by atoms with Crippen LogP contribution in [0.5, 0.6) is 0 Å². The lowest BCUT2D eigenvalue weighted by molar-refractivity contribution is -0.119. The maximum Gasteiger partial charge on any atom is 0.246 e. The smallest absolute Gasteiger partial charge is 0.246 e. The summed E-state index contributed by atoms with van der Waals surface area (Å²) >= 11 is 6.03. The summed E-state index contributed by atoms with van der Waals surface area (Å²) in [5.41, 5.74) is 6.90. The Morgan fingerprint density at radius 3 is 2.37 bits per heavy atom. The summed E-state index contributed by atoms with van der Waals surface area (Å²) in [6.45, 7) is 0. The van der Waals surface area contributed by atoms with Gasteiger partial charge in [-0.15, -0.1) is 0 Å². The molecular weight excluding hydrogens is 260 g/mol. The van der Waals surface area contributed by atoms with Crippen molar-refractivity contribution in [2.45, 2.75) is 6.04 Å². The fraction of sp³-hybridized carbons (Fsp3) is 0.0667. The fourth-order valence-electron chi connectivity index (χ4n) is 1.69. The Morgan fingerprint density at radius 2 is 1.74 bits per heavy atom. The maximum atomic E-state index is 11.5. The van der Waals surface area contributed by atoms with E-state index in [2.05, 4.69) is 4.99 Å². The van der Waals surface area contributed by atoms with Crippen molar-refractivity contribution >= 4 is 23.7 Å². The Bertz CT molecular complexity index is 596. The van der Waals surface area contributed by atoms with Crippen molar-refractivity contribution in [2.24, 2.45) is 10.7 Å². The van der Waals surface area contributed by atoms with Crippen LogP contribution in [0.3, 0.4) is 0 Å². The van der Waals surface area contributed by atoms with Crippen LogP contribution < -0.4 is 5.73 Å². The summed E-state index contributed by atoms with van der Waals surface area (Å²) < 4.78 is 0. The van der Waals surface area contributed by atoms with Gasteiger partial charge in [-0.1, -0.05) is 60.1 Å². The van der Waals surface area contributed by atoms with E-state index in [1.807, 2.05) is 48.5 Å². The zero-order chi connectivity index (χ0) is 13.7. The van der Waals surface area contributed by atoms with Crippen LogP contribution in [0.2, 0.25) is 5.02 Å². The molecule has 1 atom stereocenters. The Hall–Kier alpha value is -2.13. The number of nitrogens with two attached hydrogens (primary N) is 1. The minimum atomic E-state index is -0.697. The molecule has 3 nitrogen and oxygen atoms in total. The number of halogens is 1. The van der Waals surface area contributed by atoms with Crippen LogP contribution in [-0.4, -0.2) is 12.1 Å². The second kappa shape index (κ2) is 6.16. The van der Waals surface area contributed by atoms with Gasteiger partial charge in [0.05, 0.1) is 0 Å². The van der Waals surface area contributed by atoms with Gasteiger partial charge in [-0.2, -0.15) is 0 Å². The number of nitrogens with zero attached hydrogens (tertiary/aromatic N) is 1. The minimum absolute atomic E-state index is 0.491. The Balaban J connectivity index is 2.28. The molecule has 19 heavy (non-hydrogen) atoms. The van der Waals surface area contributed by atoms with Crippen LogP contribution in [0.1, 0.15) is 17.2 Å². The molecule has 1 unspecified atom stereocenters. The lowest BCUT2D eigenvalue weighted by Crippen LogP contribution is -2.20. The van der Waals surface area contributed by atoms with Crippen LogP contribution in [0.4, 0.5) is 0 Å². The number of carbonyl (C=O) groups is 1. The SMILES string of the molecule is NC(=O)C(N=Cc1ccccc1Cl)c1ccccc1. The van der Waals surface area contributed by atoms with Crippen molar-refractivity contribution in [2.75, 3.05) is 0 Å². The average Bonchev–Trinajstić information content (AvgIpc) is 2.42. The molecule has 4 heteroatoms. The second-order valence-electron chi connectivity index (χ2n) is 4.02. The molecule has 2 aromatic carbocycles. The number of carbonyl (C=O) groups excluding carboxylic acids is 1. The molecule has 0 spiro atoms. The number of aliphatic imine (C=N–C) groups is 1. The molecule has 0 radical (unpaired) electrons. The van der Waals surface area contributed by atoms with Gasteiger partial charge in [-0.05, 0) is 11.6 Å². The van der Waals surface area contributed by atoms with Gasteiger partial charge >= 0.3 is 0 Å². The van der Waals surface area contributed by atoms with Gasteiger partial charge in [-0.3, -0.25) is 9.79 Å². The monoisotopic (exact) mass is 272 g/mol. The van der Waals surface area contributed by atoms with Crippen molar-refractivity contribution in [3.05, 3.63) is 70.7 Å². The van der Waals surface area contributed by atoms with Gasteiger partial charge in [0.15, 0.2) is 6.04 Å². The second-order valence-corrected chi connectivity index (χ2v) is 4.42. The molecular formula is C15H13ClN2O. The minimum Gasteiger partial charge on any atom is -0.368 e. The first kappa shape index (κ1) is 13.3. The van der Waals surface area contributed by atoms with Crippen LogP contribution in [0.25, 0.3) is 0 Å². The van der Waals surface area contributed by atoms with E-state index in [9.17, 15) is 4.79 Å². The van der Waals surface area contributed by atoms with Crippen LogP contribution in [-0.2, 0) is 4.79 Å². The molecule has 0 aliphatic rings. The van der Waals surface area contributed by atoms with Crippen molar-refractivity contribution in [1.29, 1.82) is 0 Å². The Labute approximate surface area is 116 Å². The van der Waals surface area contributed by atoms with E-state index < -0.39 is 11.9 Å². The van der Waals surface area contributed by atoms with Crippen molar-refractivity contribution in [1.82, 2.24) is 0 Å². The number of amides is 1. The van der Waals surface area contributed by atoms with E-state index >= 15 is 0 Å². The van der Waals surface area contributed by atoms with Gasteiger partial charge in [0.2, 0.25) is 5.91 Å². The van der Waals surface area contributed by atoms with E-state index in [0.29, 0.717) is 5.02 Å². The zero-order valence-corrected chi connectivity index (χ0v) is 10.9. The molecule has 0 aromatic heterocycles. The quantitative estimate of drug-likeness (QED) is 0.855. The molecule has 0 aliphatic carbocycles. The third kappa shape index (κ3) is 3.42. The molecule has 96 valence electrons. The molecule has 0 aliphatic heterocycles. The highest BCUT2D eigenvalue weighted by Gasteiger charge is 2.15. The van der Waals surface area contributed by atoms with Gasteiger partial charge in [0, 0.05) is 16.8 Å². The zero-order valence-electron chi connectivity index (χ0n) is 10.2. The highest BCUT2D eigenvalue weighted by Crippen LogP contribution is 2.18. The van der Waals surface area contributed by atoms with Crippen molar-refractivity contribution in [3.8, 4) is 0 Å². The summed E-state index contributed by atoms with van der Waals surface area (Å²) in [4.78, 5) is 15.7. The highest BCUT2D eigenvalue weighted by molar-refractivity contribution is 6.33. The Morgan fingerprint density at radius 1 is 1.11 bits per heavy atom. The van der Waals surface area contributed by atoms with Crippen LogP contribution in [0.15, 0.2) is 59.6 Å². The predicted molar refractivity (Wildman–Crippen MR) is 77.4 cm³/mol. The number of hydrogen-bond donors (Lipinski definition) is 1. The predicted octanol–water partition coefficient (Wildman–Crippen LogP) is 2.99. The summed E-state index contributed by atoms with van der Waals surface area (Å²) in [5, 5.41) is 0.586. The van der Waals surface area contributed by atoms with Gasteiger partial charge in [-0.25, -0.2) is 0 Å². The third-order valence-corrected chi connectivity index (χ3v) is 3.00. The van der Waals surface area contributed by atoms with E-state index in [4.69, 9.17) is 17.3 Å². The number of rotatable bonds is 4. The topological polar surface area (TPSA) is 55.5 Å². The summed E-state index contributed by atoms with van der Waals surface area (Å²) in [6, 6.07) is 15.8. The molecule has 2 rings (SSSR count). The highest BCUT2D eigenvalue weighted by atomic mass is 35.5. The first-order chi connectivity index (χ1) is 9.18. The number of hydrogen-bond acceptors (Lipinski definition) is 2. The molecule has 0 saturated heterocycles. The summed E-state index contributed by atoms with van der Waals surface area (Å²) in [7, 11) is 0. The number of primary amides is 1. The summed E-state index contributed by atoms with van der Waals surface area (Å²) in [5.74, 6) is -0.491. The molecule has 0 heterocycles. The van der Waals surface area contributed by atoms with Crippen molar-refractivity contribution < 1.29 is 4.79 Å². The van der Waals surface area contributed by atoms with E-state index in [1.54, 1.807) is 12.3 Å². The van der Waals surface area contributed by atoms with Gasteiger partial charge in [0.25, 0.3) is 0 Å². The fourth-order valence-corrected chi connectivity index (χ4v) is 1.88. The van der Waals surface area contributed by atoms with E-state index in [0.717, 1.165) is 11.1 Å². The first-order valence-electron chi connectivity index (χ1n) is 5.80. The number of benzene rings is 2. The van der Waals surface area contributed by atoms with Crippen LogP contribution >= 0.6 is 11.6 Å². The van der Waals surface area contributed by atoms with Gasteiger partial charge in [0.1, 0.15) is 0 Å². The lowest BCUT2D eigenvalue weighted by Gasteiger charge is -2.08. The molecule has 2 N–H and O–H groups in total. The van der Waals surface area contributed by atoms with Gasteiger partial charge < -0.3 is 5.73 Å². The normalized spacial score (nSPS) is 12.5. The van der Waals surface area contributed by atoms with Crippen LogP contribution in [0, 0.1) is 0 Å². The lowest BCUT2D eigenvalue weighted by atomic mass is 10.1. The molecule has 0 bridgehead atoms. The third-order valence-electron chi connectivity index (χ3n) is 2.65. The molecule has 1 amide bonds. The molecule has 2 aromatic rings. The van der Waals surface area contributed by atoms with E-state index in [1.165, 1.54) is 0 Å². The maximum absolute atomic E-state index is 11.5. The molecule has 0 fully saturated rings.